The number of benzene rings is 1. The lowest BCUT2D eigenvalue weighted by molar-refractivity contribution is -0.146. The predicted molar refractivity (Wildman–Crippen MR) is 57.8 cm³/mol. The molecular formula is C11H12ClFO3. The van der Waals surface area contributed by atoms with Crippen molar-refractivity contribution >= 4 is 17.6 Å². The molecule has 0 aliphatic carbocycles. The number of halogens is 2. The van der Waals surface area contributed by atoms with Gasteiger partial charge in [-0.2, -0.15) is 0 Å². The lowest BCUT2D eigenvalue weighted by Crippen LogP contribution is -2.21. The van der Waals surface area contributed by atoms with Crippen molar-refractivity contribution in [2.24, 2.45) is 5.92 Å². The van der Waals surface area contributed by atoms with Crippen LogP contribution >= 0.6 is 11.6 Å². The number of hydrogen-bond acceptors (Lipinski definition) is 2. The minimum Gasteiger partial charge on any atom is -0.481 e. The van der Waals surface area contributed by atoms with E-state index in [9.17, 15) is 14.3 Å². The molecule has 16 heavy (non-hydrogen) atoms. The molecular weight excluding hydrogens is 235 g/mol. The Balaban J connectivity index is 3.03. The van der Waals surface area contributed by atoms with Crippen LogP contribution in [0.1, 0.15) is 25.0 Å². The van der Waals surface area contributed by atoms with Gasteiger partial charge in [0.1, 0.15) is 5.82 Å². The first kappa shape index (κ1) is 12.9. The third kappa shape index (κ3) is 2.71. The molecule has 3 nitrogen and oxygen atoms in total. The van der Waals surface area contributed by atoms with Gasteiger partial charge in [-0.05, 0) is 18.6 Å². The number of carbonyl (C=O) groups is 1. The fourth-order valence-electron chi connectivity index (χ4n) is 1.49. The van der Waals surface area contributed by atoms with Gasteiger partial charge in [0.2, 0.25) is 0 Å². The summed E-state index contributed by atoms with van der Waals surface area (Å²) in [7, 11) is 0. The van der Waals surface area contributed by atoms with Gasteiger partial charge in [-0.3, -0.25) is 4.79 Å². The molecule has 2 N–H and O–H groups in total. The molecule has 2 unspecified atom stereocenters. The van der Waals surface area contributed by atoms with Crippen LogP contribution in [0.25, 0.3) is 0 Å². The highest BCUT2D eigenvalue weighted by molar-refractivity contribution is 6.31. The van der Waals surface area contributed by atoms with Crippen LogP contribution in [0.5, 0.6) is 0 Å². The quantitative estimate of drug-likeness (QED) is 0.859. The summed E-state index contributed by atoms with van der Waals surface area (Å²) in [5, 5.41) is 18.7. The van der Waals surface area contributed by atoms with Gasteiger partial charge >= 0.3 is 5.97 Å². The average Bonchev–Trinajstić information content (AvgIpc) is 2.17. The van der Waals surface area contributed by atoms with Crippen LogP contribution in [0, 0.1) is 11.7 Å². The van der Waals surface area contributed by atoms with E-state index in [2.05, 4.69) is 0 Å². The summed E-state index contributed by atoms with van der Waals surface area (Å²) >= 11 is 5.74. The second-order valence-electron chi connectivity index (χ2n) is 3.46. The molecule has 5 heteroatoms. The third-order valence-electron chi connectivity index (χ3n) is 2.42. The maximum absolute atomic E-state index is 12.8. The topological polar surface area (TPSA) is 57.5 Å². The summed E-state index contributed by atoms with van der Waals surface area (Å²) < 4.78 is 12.8. The highest BCUT2D eigenvalue weighted by atomic mass is 35.5. The molecule has 0 bridgehead atoms. The second-order valence-corrected chi connectivity index (χ2v) is 3.87. The maximum atomic E-state index is 12.8. The highest BCUT2D eigenvalue weighted by Gasteiger charge is 2.27. The minimum absolute atomic E-state index is 0.0344. The third-order valence-corrected chi connectivity index (χ3v) is 2.75. The van der Waals surface area contributed by atoms with E-state index in [0.29, 0.717) is 0 Å². The number of aliphatic hydroxyl groups excluding tert-OH is 1. The van der Waals surface area contributed by atoms with E-state index < -0.39 is 23.8 Å². The van der Waals surface area contributed by atoms with E-state index >= 15 is 0 Å². The molecule has 0 fully saturated rings. The van der Waals surface area contributed by atoms with Gasteiger partial charge in [0.25, 0.3) is 0 Å². The Morgan fingerprint density at radius 1 is 1.56 bits per heavy atom. The van der Waals surface area contributed by atoms with Gasteiger partial charge < -0.3 is 10.2 Å². The fraction of sp³-hybridized carbons (Fsp3) is 0.364. The van der Waals surface area contributed by atoms with Gasteiger partial charge in [0.15, 0.2) is 0 Å². The number of carboxylic acid groups (broad SMARTS) is 1. The number of carboxylic acids is 1. The predicted octanol–water partition coefficient (Wildman–Crippen LogP) is 2.62. The van der Waals surface area contributed by atoms with Crippen molar-refractivity contribution in [3.8, 4) is 0 Å². The van der Waals surface area contributed by atoms with Crippen LogP contribution in [-0.2, 0) is 4.79 Å². The first-order valence-corrected chi connectivity index (χ1v) is 5.21. The molecule has 0 aromatic heterocycles. The van der Waals surface area contributed by atoms with Crippen molar-refractivity contribution in [3.05, 3.63) is 34.6 Å². The Morgan fingerprint density at radius 2 is 2.19 bits per heavy atom. The normalized spacial score (nSPS) is 14.5. The summed E-state index contributed by atoms with van der Waals surface area (Å²) in [6, 6.07) is 3.49. The molecule has 0 saturated heterocycles. The molecule has 0 saturated carbocycles. The lowest BCUT2D eigenvalue weighted by atomic mass is 9.93. The number of aliphatic carboxylic acids is 1. The highest BCUT2D eigenvalue weighted by Crippen LogP contribution is 2.30. The first-order chi connectivity index (χ1) is 7.47. The molecule has 1 rings (SSSR count). The van der Waals surface area contributed by atoms with Gasteiger partial charge in [0, 0.05) is 10.6 Å². The summed E-state index contributed by atoms with van der Waals surface area (Å²) in [5.41, 5.74) is 0.234. The van der Waals surface area contributed by atoms with Gasteiger partial charge in [-0.25, -0.2) is 4.39 Å². The Morgan fingerprint density at radius 3 is 2.62 bits per heavy atom. The van der Waals surface area contributed by atoms with Gasteiger partial charge in [-0.1, -0.05) is 24.6 Å². The maximum Gasteiger partial charge on any atom is 0.309 e. The van der Waals surface area contributed by atoms with Crippen molar-refractivity contribution < 1.29 is 19.4 Å². The summed E-state index contributed by atoms with van der Waals surface area (Å²) in [6.45, 7) is 1.65. The first-order valence-electron chi connectivity index (χ1n) is 4.83. The van der Waals surface area contributed by atoms with Crippen LogP contribution in [0.4, 0.5) is 4.39 Å². The molecule has 1 aromatic rings. The van der Waals surface area contributed by atoms with E-state index in [1.807, 2.05) is 0 Å². The smallest absolute Gasteiger partial charge is 0.309 e. The standard InChI is InChI=1S/C11H12ClFO3/c1-2-7(11(15)16)10(14)8-4-3-6(13)5-9(8)12/h3-5,7,10,14H,2H2,1H3,(H,15,16). The molecule has 0 heterocycles. The van der Waals surface area contributed by atoms with Crippen molar-refractivity contribution in [2.75, 3.05) is 0 Å². The van der Waals surface area contributed by atoms with Gasteiger partial charge in [0.05, 0.1) is 12.0 Å². The zero-order valence-electron chi connectivity index (χ0n) is 8.65. The lowest BCUT2D eigenvalue weighted by Gasteiger charge is -2.18. The van der Waals surface area contributed by atoms with Crippen molar-refractivity contribution in [1.82, 2.24) is 0 Å². The Bertz CT molecular complexity index is 395. The van der Waals surface area contributed by atoms with E-state index in [0.717, 1.165) is 12.1 Å². The molecule has 2 atom stereocenters. The zero-order valence-corrected chi connectivity index (χ0v) is 9.41. The van der Waals surface area contributed by atoms with E-state index in [-0.39, 0.29) is 17.0 Å². The van der Waals surface area contributed by atoms with Crippen LogP contribution in [0.15, 0.2) is 18.2 Å². The summed E-state index contributed by atoms with van der Waals surface area (Å²) in [6.07, 6.45) is -0.958. The van der Waals surface area contributed by atoms with E-state index in [4.69, 9.17) is 16.7 Å². The van der Waals surface area contributed by atoms with Crippen molar-refractivity contribution in [1.29, 1.82) is 0 Å². The summed E-state index contributed by atoms with van der Waals surface area (Å²) in [5.74, 6) is -2.57. The Kier molecular flexibility index (Phi) is 4.26. The van der Waals surface area contributed by atoms with Crippen LogP contribution in [0.3, 0.4) is 0 Å². The Labute approximate surface area is 97.5 Å². The fourth-order valence-corrected chi connectivity index (χ4v) is 1.77. The molecule has 1 aromatic carbocycles. The van der Waals surface area contributed by atoms with Crippen molar-refractivity contribution in [3.63, 3.8) is 0 Å². The number of hydrogen-bond donors (Lipinski definition) is 2. The second kappa shape index (κ2) is 5.27. The molecule has 88 valence electrons. The van der Waals surface area contributed by atoms with Gasteiger partial charge in [-0.15, -0.1) is 0 Å². The van der Waals surface area contributed by atoms with E-state index in [1.165, 1.54) is 6.07 Å². The molecule has 0 amide bonds. The number of aliphatic hydroxyl groups is 1. The van der Waals surface area contributed by atoms with Crippen LogP contribution in [-0.4, -0.2) is 16.2 Å². The SMILES string of the molecule is CCC(C(=O)O)C(O)c1ccc(F)cc1Cl. The Hall–Kier alpha value is -1.13. The molecule has 0 aliphatic rings. The largest absolute Gasteiger partial charge is 0.481 e. The molecule has 0 radical (unpaired) electrons. The molecule has 0 spiro atoms. The van der Waals surface area contributed by atoms with Crippen molar-refractivity contribution in [2.45, 2.75) is 19.4 Å². The minimum atomic E-state index is -1.23. The average molecular weight is 247 g/mol. The number of rotatable bonds is 4. The van der Waals surface area contributed by atoms with E-state index in [1.54, 1.807) is 6.92 Å². The molecule has 0 aliphatic heterocycles. The monoisotopic (exact) mass is 246 g/mol. The zero-order chi connectivity index (χ0) is 12.3. The van der Waals surface area contributed by atoms with Crippen LogP contribution in [0.2, 0.25) is 5.02 Å². The summed E-state index contributed by atoms with van der Waals surface area (Å²) in [4.78, 5) is 10.8. The van der Waals surface area contributed by atoms with Crippen LogP contribution < -0.4 is 0 Å².